The van der Waals surface area contributed by atoms with E-state index in [4.69, 9.17) is 4.74 Å². The van der Waals surface area contributed by atoms with Gasteiger partial charge in [0.05, 0.1) is 19.1 Å². The predicted molar refractivity (Wildman–Crippen MR) is 96.2 cm³/mol. The Kier molecular flexibility index (Phi) is 6.86. The van der Waals surface area contributed by atoms with Gasteiger partial charge in [-0.3, -0.25) is 10.2 Å². The molecule has 0 aliphatic carbocycles. The summed E-state index contributed by atoms with van der Waals surface area (Å²) in [6, 6.07) is 8.40. The molecule has 24 heavy (non-hydrogen) atoms. The molecule has 0 radical (unpaired) electrons. The van der Waals surface area contributed by atoms with Crippen molar-refractivity contribution in [2.24, 2.45) is 5.92 Å². The zero-order valence-corrected chi connectivity index (χ0v) is 15.0. The van der Waals surface area contributed by atoms with E-state index in [0.29, 0.717) is 12.6 Å². The highest BCUT2D eigenvalue weighted by Gasteiger charge is 2.35. The maximum absolute atomic E-state index is 12.7. The van der Waals surface area contributed by atoms with Crippen LogP contribution in [-0.2, 0) is 4.79 Å². The first-order chi connectivity index (χ1) is 11.2. The number of amides is 1. The van der Waals surface area contributed by atoms with Gasteiger partial charge in [0.2, 0.25) is 5.91 Å². The number of nitrogens with one attached hydrogen (secondary N) is 4. The SMILES string of the molecule is COc1ccc(C2NNCC2C(=O)NC2CCCNC2C)cc1.Cl. The highest BCUT2D eigenvalue weighted by Crippen LogP contribution is 2.27. The number of carbonyl (C=O) groups excluding carboxylic acids is 1. The Balaban J connectivity index is 0.00000208. The zero-order valence-electron chi connectivity index (χ0n) is 14.2. The molecule has 1 amide bonds. The highest BCUT2D eigenvalue weighted by atomic mass is 35.5. The molecule has 134 valence electrons. The van der Waals surface area contributed by atoms with E-state index < -0.39 is 0 Å². The van der Waals surface area contributed by atoms with Gasteiger partial charge >= 0.3 is 0 Å². The molecule has 2 aliphatic heterocycles. The molecule has 2 heterocycles. The first-order valence-corrected chi connectivity index (χ1v) is 8.35. The Bertz CT molecular complexity index is 540. The third kappa shape index (κ3) is 4.19. The smallest absolute Gasteiger partial charge is 0.226 e. The summed E-state index contributed by atoms with van der Waals surface area (Å²) >= 11 is 0. The van der Waals surface area contributed by atoms with Gasteiger partial charge in [0, 0.05) is 18.6 Å². The van der Waals surface area contributed by atoms with Crippen molar-refractivity contribution in [3.05, 3.63) is 29.8 Å². The lowest BCUT2D eigenvalue weighted by atomic mass is 9.92. The number of hydrogen-bond acceptors (Lipinski definition) is 5. The number of ether oxygens (including phenoxy) is 1. The molecular weight excluding hydrogens is 328 g/mol. The number of piperidine rings is 1. The van der Waals surface area contributed by atoms with Crippen LogP contribution in [0.1, 0.15) is 31.4 Å². The predicted octanol–water partition coefficient (Wildman–Crippen LogP) is 1.14. The van der Waals surface area contributed by atoms with Crippen LogP contribution >= 0.6 is 12.4 Å². The number of benzene rings is 1. The first kappa shape index (κ1) is 19.0. The second-order valence-electron chi connectivity index (χ2n) is 6.38. The number of hydrogen-bond donors (Lipinski definition) is 4. The van der Waals surface area contributed by atoms with Crippen LogP contribution in [0.15, 0.2) is 24.3 Å². The summed E-state index contributed by atoms with van der Waals surface area (Å²) < 4.78 is 5.20. The largest absolute Gasteiger partial charge is 0.497 e. The molecule has 4 unspecified atom stereocenters. The normalized spacial score (nSPS) is 29.6. The average molecular weight is 355 g/mol. The van der Waals surface area contributed by atoms with Crippen LogP contribution in [0.25, 0.3) is 0 Å². The second kappa shape index (κ2) is 8.67. The Hall–Kier alpha value is -1.34. The van der Waals surface area contributed by atoms with Crippen molar-refractivity contribution in [3.8, 4) is 5.75 Å². The van der Waals surface area contributed by atoms with E-state index >= 15 is 0 Å². The number of halogens is 1. The molecule has 1 aromatic carbocycles. The van der Waals surface area contributed by atoms with Crippen molar-refractivity contribution < 1.29 is 9.53 Å². The van der Waals surface area contributed by atoms with Crippen LogP contribution < -0.4 is 26.2 Å². The summed E-state index contributed by atoms with van der Waals surface area (Å²) in [4.78, 5) is 12.7. The Morgan fingerprint density at radius 2 is 2.04 bits per heavy atom. The molecule has 0 spiro atoms. The van der Waals surface area contributed by atoms with Crippen molar-refractivity contribution in [3.63, 3.8) is 0 Å². The summed E-state index contributed by atoms with van der Waals surface area (Å²) in [6.07, 6.45) is 2.15. The third-order valence-corrected chi connectivity index (χ3v) is 4.88. The van der Waals surface area contributed by atoms with Gasteiger partial charge in [-0.2, -0.15) is 0 Å². The minimum absolute atomic E-state index is 0. The summed E-state index contributed by atoms with van der Waals surface area (Å²) in [7, 11) is 1.65. The van der Waals surface area contributed by atoms with Gasteiger partial charge in [-0.05, 0) is 44.0 Å². The summed E-state index contributed by atoms with van der Waals surface area (Å²) in [5, 5.41) is 6.65. The van der Waals surface area contributed by atoms with Crippen LogP contribution in [-0.4, -0.2) is 38.2 Å². The Labute approximate surface area is 149 Å². The van der Waals surface area contributed by atoms with E-state index in [2.05, 4.69) is 28.4 Å². The molecular formula is C17H27ClN4O2. The molecule has 7 heteroatoms. The molecule has 4 N–H and O–H groups in total. The molecule has 2 fully saturated rings. The monoisotopic (exact) mass is 354 g/mol. The molecule has 3 rings (SSSR count). The zero-order chi connectivity index (χ0) is 16.2. The van der Waals surface area contributed by atoms with E-state index in [1.807, 2.05) is 24.3 Å². The van der Waals surface area contributed by atoms with Crippen LogP contribution in [0, 0.1) is 5.92 Å². The topological polar surface area (TPSA) is 74.4 Å². The van der Waals surface area contributed by atoms with Gasteiger partial charge in [0.1, 0.15) is 5.75 Å². The quantitative estimate of drug-likeness (QED) is 0.652. The molecule has 0 bridgehead atoms. The van der Waals surface area contributed by atoms with Gasteiger partial charge in [0.15, 0.2) is 0 Å². The summed E-state index contributed by atoms with van der Waals surface area (Å²) in [6.45, 7) is 3.81. The van der Waals surface area contributed by atoms with Crippen LogP contribution in [0.2, 0.25) is 0 Å². The van der Waals surface area contributed by atoms with E-state index in [-0.39, 0.29) is 36.3 Å². The Morgan fingerprint density at radius 1 is 1.29 bits per heavy atom. The number of carbonyl (C=O) groups is 1. The fraction of sp³-hybridized carbons (Fsp3) is 0.588. The molecule has 2 saturated heterocycles. The van der Waals surface area contributed by atoms with Gasteiger partial charge < -0.3 is 15.4 Å². The van der Waals surface area contributed by atoms with Crippen molar-refractivity contribution in [2.75, 3.05) is 20.2 Å². The maximum Gasteiger partial charge on any atom is 0.226 e. The molecule has 4 atom stereocenters. The van der Waals surface area contributed by atoms with Crippen molar-refractivity contribution in [2.45, 2.75) is 37.9 Å². The summed E-state index contributed by atoms with van der Waals surface area (Å²) in [5.41, 5.74) is 7.43. The fourth-order valence-electron chi connectivity index (χ4n) is 3.40. The van der Waals surface area contributed by atoms with Crippen LogP contribution in [0.4, 0.5) is 0 Å². The van der Waals surface area contributed by atoms with Crippen molar-refractivity contribution >= 4 is 18.3 Å². The molecule has 0 aromatic heterocycles. The lowest BCUT2D eigenvalue weighted by molar-refractivity contribution is -0.126. The van der Waals surface area contributed by atoms with Crippen molar-refractivity contribution in [1.29, 1.82) is 0 Å². The van der Waals surface area contributed by atoms with E-state index in [9.17, 15) is 4.79 Å². The average Bonchev–Trinajstić information content (AvgIpc) is 3.07. The second-order valence-corrected chi connectivity index (χ2v) is 6.38. The number of rotatable bonds is 4. The standard InChI is InChI=1S/C17H26N4O2.ClH/c1-11-15(4-3-9-18-11)20-17(22)14-10-19-21-16(14)12-5-7-13(23-2)8-6-12;/h5-8,11,14-16,18-19,21H,3-4,9-10H2,1-2H3,(H,20,22);1H. The minimum Gasteiger partial charge on any atom is -0.497 e. The number of hydrazine groups is 1. The van der Waals surface area contributed by atoms with Gasteiger partial charge in [0.25, 0.3) is 0 Å². The van der Waals surface area contributed by atoms with Gasteiger partial charge in [-0.25, -0.2) is 5.43 Å². The fourth-order valence-corrected chi connectivity index (χ4v) is 3.40. The van der Waals surface area contributed by atoms with Gasteiger partial charge in [-0.15, -0.1) is 12.4 Å². The maximum atomic E-state index is 12.7. The lowest BCUT2D eigenvalue weighted by Crippen LogP contribution is -2.53. The highest BCUT2D eigenvalue weighted by molar-refractivity contribution is 5.85. The van der Waals surface area contributed by atoms with E-state index in [1.54, 1.807) is 7.11 Å². The first-order valence-electron chi connectivity index (χ1n) is 8.35. The lowest BCUT2D eigenvalue weighted by Gasteiger charge is -2.32. The van der Waals surface area contributed by atoms with Crippen LogP contribution in [0.3, 0.4) is 0 Å². The molecule has 6 nitrogen and oxygen atoms in total. The third-order valence-electron chi connectivity index (χ3n) is 4.88. The van der Waals surface area contributed by atoms with E-state index in [0.717, 1.165) is 30.7 Å². The van der Waals surface area contributed by atoms with Gasteiger partial charge in [-0.1, -0.05) is 12.1 Å². The molecule has 0 saturated carbocycles. The molecule has 1 aromatic rings. The van der Waals surface area contributed by atoms with E-state index in [1.165, 1.54) is 0 Å². The van der Waals surface area contributed by atoms with Crippen molar-refractivity contribution in [1.82, 2.24) is 21.5 Å². The molecule has 2 aliphatic rings. The Morgan fingerprint density at radius 3 is 2.71 bits per heavy atom. The summed E-state index contributed by atoms with van der Waals surface area (Å²) in [5.74, 6) is 0.823. The van der Waals surface area contributed by atoms with Crippen LogP contribution in [0.5, 0.6) is 5.75 Å². The minimum atomic E-state index is -0.113. The number of methoxy groups -OCH3 is 1.